The number of rotatable bonds is 0. The first-order chi connectivity index (χ1) is 6.72. The predicted molar refractivity (Wildman–Crippen MR) is 61.8 cm³/mol. The fourth-order valence-corrected chi connectivity index (χ4v) is 1.99. The summed E-state index contributed by atoms with van der Waals surface area (Å²) in [6.45, 7) is 1.01. The van der Waals surface area contributed by atoms with E-state index in [1.54, 1.807) is 0 Å². The maximum absolute atomic E-state index is 5.97. The molecule has 2 rings (SSSR count). The Hall–Kier alpha value is -1.02. The van der Waals surface area contributed by atoms with E-state index in [4.69, 9.17) is 11.6 Å². The molecule has 0 saturated carbocycles. The highest BCUT2D eigenvalue weighted by Crippen LogP contribution is 2.29. The molecule has 0 atom stereocenters. The minimum absolute atomic E-state index is 0.785. The van der Waals surface area contributed by atoms with E-state index in [-0.39, 0.29) is 0 Å². The molecule has 0 unspecified atom stereocenters. The molecule has 0 spiro atoms. The van der Waals surface area contributed by atoms with E-state index in [0.717, 1.165) is 18.0 Å². The highest BCUT2D eigenvalue weighted by Gasteiger charge is 2.18. The first-order valence-electron chi connectivity index (χ1n) is 4.69. The third-order valence-electron chi connectivity index (χ3n) is 2.64. The normalized spacial score (nSPS) is 18.5. The summed E-state index contributed by atoms with van der Waals surface area (Å²) < 4.78 is 0. The quantitative estimate of drug-likeness (QED) is 0.640. The summed E-state index contributed by atoms with van der Waals surface area (Å²) in [6, 6.07) is 5.97. The van der Waals surface area contributed by atoms with Crippen molar-refractivity contribution < 1.29 is 0 Å². The van der Waals surface area contributed by atoms with Gasteiger partial charge in [0.05, 0.1) is 0 Å². The molecule has 1 aromatic carbocycles. The fraction of sp³-hybridized carbons (Fsp3) is 0.364. The minimum Gasteiger partial charge on any atom is -0.374 e. The molecule has 0 aromatic heterocycles. The number of aliphatic imine (C=N–C) groups is 1. The van der Waals surface area contributed by atoms with Crippen LogP contribution in [0, 0.1) is 0 Å². The molecule has 0 radical (unpaired) electrons. The van der Waals surface area contributed by atoms with Crippen LogP contribution < -0.4 is 4.90 Å². The van der Waals surface area contributed by atoms with E-state index >= 15 is 0 Å². The molecule has 0 N–H and O–H groups in total. The molecule has 0 amide bonds. The first-order valence-corrected chi connectivity index (χ1v) is 5.07. The van der Waals surface area contributed by atoms with Gasteiger partial charge in [0.2, 0.25) is 0 Å². The van der Waals surface area contributed by atoms with Crippen molar-refractivity contribution in [3.05, 3.63) is 28.8 Å². The van der Waals surface area contributed by atoms with Crippen molar-refractivity contribution in [3.8, 4) is 0 Å². The highest BCUT2D eigenvalue weighted by atomic mass is 35.5. The van der Waals surface area contributed by atoms with Crippen LogP contribution in [-0.4, -0.2) is 26.4 Å². The second-order valence-corrected chi connectivity index (χ2v) is 3.94. The van der Waals surface area contributed by atoms with E-state index in [0.29, 0.717) is 0 Å². The largest absolute Gasteiger partial charge is 0.374 e. The zero-order valence-electron chi connectivity index (χ0n) is 8.42. The summed E-state index contributed by atoms with van der Waals surface area (Å²) in [6.07, 6.45) is 1.02. The smallest absolute Gasteiger partial charge is 0.0470 e. The number of anilines is 1. The number of benzene rings is 1. The molecule has 14 heavy (non-hydrogen) atoms. The number of halogens is 1. The Morgan fingerprint density at radius 1 is 1.43 bits per heavy atom. The van der Waals surface area contributed by atoms with Gasteiger partial charge in [0.1, 0.15) is 0 Å². The number of fused-ring (bicyclic) bond motifs is 1. The van der Waals surface area contributed by atoms with E-state index in [1.165, 1.54) is 17.0 Å². The lowest BCUT2D eigenvalue weighted by Crippen LogP contribution is -2.28. The topological polar surface area (TPSA) is 15.6 Å². The standard InChI is InChI=1S/C11H13ClN2/c1-13-10-5-6-14(2)11-7-8(12)3-4-9(10)11/h3-4,7H,5-6H2,1-2H3. The second-order valence-electron chi connectivity index (χ2n) is 3.50. The molecule has 1 aromatic rings. The van der Waals surface area contributed by atoms with Crippen molar-refractivity contribution in [3.63, 3.8) is 0 Å². The van der Waals surface area contributed by atoms with Crippen molar-refractivity contribution in [2.75, 3.05) is 25.5 Å². The van der Waals surface area contributed by atoms with Crippen LogP contribution in [-0.2, 0) is 0 Å². The van der Waals surface area contributed by atoms with Gasteiger partial charge in [-0.2, -0.15) is 0 Å². The molecule has 2 nitrogen and oxygen atoms in total. The van der Waals surface area contributed by atoms with Crippen molar-refractivity contribution in [2.24, 2.45) is 4.99 Å². The van der Waals surface area contributed by atoms with Crippen LogP contribution in [0.3, 0.4) is 0 Å². The molecule has 1 heterocycles. The van der Waals surface area contributed by atoms with E-state index in [9.17, 15) is 0 Å². The molecular weight excluding hydrogens is 196 g/mol. The monoisotopic (exact) mass is 208 g/mol. The molecule has 74 valence electrons. The van der Waals surface area contributed by atoms with Gasteiger partial charge in [0, 0.05) is 49.0 Å². The van der Waals surface area contributed by atoms with E-state index in [2.05, 4.69) is 23.0 Å². The molecular formula is C11H13ClN2. The molecule has 0 aliphatic carbocycles. The minimum atomic E-state index is 0.785. The maximum Gasteiger partial charge on any atom is 0.0470 e. The molecule has 0 saturated heterocycles. The van der Waals surface area contributed by atoms with E-state index in [1.807, 2.05) is 19.2 Å². The Morgan fingerprint density at radius 3 is 2.93 bits per heavy atom. The van der Waals surface area contributed by atoms with Crippen LogP contribution in [0.5, 0.6) is 0 Å². The van der Waals surface area contributed by atoms with Gasteiger partial charge in [-0.1, -0.05) is 11.6 Å². The predicted octanol–water partition coefficient (Wildman–Crippen LogP) is 2.60. The average molecular weight is 209 g/mol. The summed E-state index contributed by atoms with van der Waals surface area (Å²) in [4.78, 5) is 6.52. The lowest BCUT2D eigenvalue weighted by atomic mass is 10.00. The molecule has 0 fully saturated rings. The van der Waals surface area contributed by atoms with Gasteiger partial charge in [0.25, 0.3) is 0 Å². The van der Waals surface area contributed by atoms with Gasteiger partial charge in [-0.15, -0.1) is 0 Å². The summed E-state index contributed by atoms with van der Waals surface area (Å²) in [5, 5.41) is 0.785. The maximum atomic E-state index is 5.97. The van der Waals surface area contributed by atoms with Gasteiger partial charge < -0.3 is 4.90 Å². The van der Waals surface area contributed by atoms with Crippen LogP contribution in [0.15, 0.2) is 23.2 Å². The molecule has 0 bridgehead atoms. The molecule has 1 aliphatic rings. The molecule has 3 heteroatoms. The Labute approximate surface area is 89.2 Å². The number of hydrogen-bond donors (Lipinski definition) is 0. The van der Waals surface area contributed by atoms with Crippen molar-refractivity contribution >= 4 is 23.0 Å². The summed E-state index contributed by atoms with van der Waals surface area (Å²) in [5.41, 5.74) is 3.57. The number of hydrogen-bond acceptors (Lipinski definition) is 2. The average Bonchev–Trinajstić information content (AvgIpc) is 2.19. The zero-order chi connectivity index (χ0) is 10.1. The van der Waals surface area contributed by atoms with Crippen LogP contribution >= 0.6 is 11.6 Å². The Bertz CT molecular complexity index is 385. The lowest BCUT2D eigenvalue weighted by molar-refractivity contribution is 0.895. The fourth-order valence-electron chi connectivity index (χ4n) is 1.83. The van der Waals surface area contributed by atoms with Gasteiger partial charge in [-0.3, -0.25) is 4.99 Å². The van der Waals surface area contributed by atoms with Crippen molar-refractivity contribution in [1.29, 1.82) is 0 Å². The van der Waals surface area contributed by atoms with Crippen LogP contribution in [0.2, 0.25) is 5.02 Å². The summed E-state index contributed by atoms with van der Waals surface area (Å²) in [7, 11) is 3.93. The van der Waals surface area contributed by atoms with Gasteiger partial charge in [0.15, 0.2) is 0 Å². The van der Waals surface area contributed by atoms with Gasteiger partial charge >= 0.3 is 0 Å². The summed E-state index contributed by atoms with van der Waals surface area (Å²) in [5.74, 6) is 0. The van der Waals surface area contributed by atoms with E-state index < -0.39 is 0 Å². The Kier molecular flexibility index (Phi) is 2.46. The van der Waals surface area contributed by atoms with Crippen LogP contribution in [0.1, 0.15) is 12.0 Å². The van der Waals surface area contributed by atoms with Crippen molar-refractivity contribution in [1.82, 2.24) is 0 Å². The third kappa shape index (κ3) is 1.50. The van der Waals surface area contributed by atoms with Crippen LogP contribution in [0.25, 0.3) is 0 Å². The summed E-state index contributed by atoms with van der Waals surface area (Å²) >= 11 is 5.97. The van der Waals surface area contributed by atoms with Gasteiger partial charge in [-0.05, 0) is 18.2 Å². The lowest BCUT2D eigenvalue weighted by Gasteiger charge is -2.28. The zero-order valence-corrected chi connectivity index (χ0v) is 9.17. The molecule has 1 aliphatic heterocycles. The van der Waals surface area contributed by atoms with Crippen molar-refractivity contribution in [2.45, 2.75) is 6.42 Å². The Balaban J connectivity index is 2.57. The van der Waals surface area contributed by atoms with Gasteiger partial charge in [-0.25, -0.2) is 0 Å². The third-order valence-corrected chi connectivity index (χ3v) is 2.87. The SMILES string of the molecule is CN=C1CCN(C)c2cc(Cl)ccc21. The Morgan fingerprint density at radius 2 is 2.21 bits per heavy atom. The first kappa shape index (κ1) is 9.53. The number of nitrogens with zero attached hydrogens (tertiary/aromatic N) is 2. The highest BCUT2D eigenvalue weighted by molar-refractivity contribution is 6.31. The second kappa shape index (κ2) is 3.62. The van der Waals surface area contributed by atoms with Crippen LogP contribution in [0.4, 0.5) is 5.69 Å².